The van der Waals surface area contributed by atoms with Gasteiger partial charge in [0.15, 0.2) is 0 Å². The van der Waals surface area contributed by atoms with Crippen molar-refractivity contribution in [2.75, 3.05) is 12.4 Å². The molecular weight excluding hydrogens is 254 g/mol. The number of para-hydroxylation sites is 1. The first kappa shape index (κ1) is 14.1. The summed E-state index contributed by atoms with van der Waals surface area (Å²) in [5, 5.41) is 7.13. The Labute approximate surface area is 118 Å². The fourth-order valence-electron chi connectivity index (χ4n) is 1.95. The average molecular weight is 273 g/mol. The van der Waals surface area contributed by atoms with Crippen LogP contribution in [0.5, 0.6) is 5.75 Å². The molecule has 5 nitrogen and oxygen atoms in total. The number of amides is 1. The molecule has 2 aromatic rings. The highest BCUT2D eigenvalue weighted by atomic mass is 16.5. The van der Waals surface area contributed by atoms with Crippen LogP contribution in [0.15, 0.2) is 36.5 Å². The van der Waals surface area contributed by atoms with Crippen molar-refractivity contribution in [3.63, 3.8) is 0 Å². The van der Waals surface area contributed by atoms with Gasteiger partial charge in [-0.2, -0.15) is 5.10 Å². The van der Waals surface area contributed by atoms with Crippen LogP contribution in [0, 0.1) is 0 Å². The monoisotopic (exact) mass is 273 g/mol. The van der Waals surface area contributed by atoms with Crippen molar-refractivity contribution in [3.8, 4) is 5.75 Å². The molecule has 0 aliphatic heterocycles. The molecule has 0 aliphatic rings. The summed E-state index contributed by atoms with van der Waals surface area (Å²) in [4.78, 5) is 12.3. The molecule has 1 amide bonds. The van der Waals surface area contributed by atoms with Crippen LogP contribution in [0.25, 0.3) is 0 Å². The fourth-order valence-corrected chi connectivity index (χ4v) is 1.95. The zero-order valence-corrected chi connectivity index (χ0v) is 12.0. The second-order valence-corrected chi connectivity index (χ2v) is 4.57. The number of ether oxygens (including phenoxy) is 1. The molecule has 1 N–H and O–H groups in total. The summed E-state index contributed by atoms with van der Waals surface area (Å²) in [5.41, 5.74) is 0.506. The van der Waals surface area contributed by atoms with E-state index in [2.05, 4.69) is 24.3 Å². The second kappa shape index (κ2) is 6.23. The standard InChI is InChI=1S/C15H19N3O2/c1-4-11(2)18-14(9-10-16-18)17-15(19)12-7-5-6-8-13(12)20-3/h5-11H,4H2,1-3H3,(H,17,19)/t11-/m0/s1. The van der Waals surface area contributed by atoms with Crippen molar-refractivity contribution < 1.29 is 9.53 Å². The third-order valence-corrected chi connectivity index (χ3v) is 3.27. The highest BCUT2D eigenvalue weighted by Crippen LogP contribution is 2.21. The second-order valence-electron chi connectivity index (χ2n) is 4.57. The molecule has 106 valence electrons. The van der Waals surface area contributed by atoms with Crippen molar-refractivity contribution >= 4 is 11.7 Å². The number of hydrogen-bond acceptors (Lipinski definition) is 3. The summed E-state index contributed by atoms with van der Waals surface area (Å²) >= 11 is 0. The van der Waals surface area contributed by atoms with Crippen LogP contribution in [0.4, 0.5) is 5.82 Å². The van der Waals surface area contributed by atoms with Gasteiger partial charge in [0.25, 0.3) is 5.91 Å². The summed E-state index contributed by atoms with van der Waals surface area (Å²) in [6.07, 6.45) is 2.63. The molecule has 20 heavy (non-hydrogen) atoms. The Morgan fingerprint density at radius 2 is 2.15 bits per heavy atom. The van der Waals surface area contributed by atoms with Gasteiger partial charge in [-0.15, -0.1) is 0 Å². The molecule has 0 fully saturated rings. The van der Waals surface area contributed by atoms with Gasteiger partial charge in [-0.3, -0.25) is 4.79 Å². The summed E-state index contributed by atoms with van der Waals surface area (Å²) in [5.74, 6) is 1.04. The fraction of sp³-hybridized carbons (Fsp3) is 0.333. The van der Waals surface area contributed by atoms with Crippen LogP contribution in [0.3, 0.4) is 0 Å². The molecule has 1 aromatic heterocycles. The lowest BCUT2D eigenvalue weighted by Gasteiger charge is -2.14. The van der Waals surface area contributed by atoms with Gasteiger partial charge in [-0.05, 0) is 25.5 Å². The van der Waals surface area contributed by atoms with Crippen LogP contribution in [0.2, 0.25) is 0 Å². The van der Waals surface area contributed by atoms with Gasteiger partial charge in [-0.1, -0.05) is 19.1 Å². The van der Waals surface area contributed by atoms with E-state index in [4.69, 9.17) is 4.74 Å². The van der Waals surface area contributed by atoms with Gasteiger partial charge in [-0.25, -0.2) is 4.68 Å². The van der Waals surface area contributed by atoms with Crippen molar-refractivity contribution in [1.29, 1.82) is 0 Å². The molecule has 1 atom stereocenters. The highest BCUT2D eigenvalue weighted by Gasteiger charge is 2.15. The maximum atomic E-state index is 12.3. The Kier molecular flexibility index (Phi) is 4.40. The predicted octanol–water partition coefficient (Wildman–Crippen LogP) is 3.12. The molecule has 0 saturated carbocycles. The van der Waals surface area contributed by atoms with Crippen molar-refractivity contribution in [2.24, 2.45) is 0 Å². The number of benzene rings is 1. The predicted molar refractivity (Wildman–Crippen MR) is 78.2 cm³/mol. The summed E-state index contributed by atoms with van der Waals surface area (Å²) < 4.78 is 7.01. The van der Waals surface area contributed by atoms with E-state index in [1.54, 1.807) is 31.5 Å². The molecule has 0 bridgehead atoms. The first-order valence-electron chi connectivity index (χ1n) is 6.65. The van der Waals surface area contributed by atoms with Gasteiger partial charge in [0.1, 0.15) is 11.6 Å². The quantitative estimate of drug-likeness (QED) is 0.910. The van der Waals surface area contributed by atoms with E-state index >= 15 is 0 Å². The number of methoxy groups -OCH3 is 1. The molecule has 0 unspecified atom stereocenters. The zero-order chi connectivity index (χ0) is 14.5. The molecule has 0 saturated heterocycles. The Hall–Kier alpha value is -2.30. The number of nitrogens with one attached hydrogen (secondary N) is 1. The van der Waals surface area contributed by atoms with E-state index in [0.717, 1.165) is 6.42 Å². The minimum absolute atomic E-state index is 0.201. The van der Waals surface area contributed by atoms with E-state index in [-0.39, 0.29) is 11.9 Å². The average Bonchev–Trinajstić information content (AvgIpc) is 2.94. The molecule has 0 radical (unpaired) electrons. The lowest BCUT2D eigenvalue weighted by atomic mass is 10.2. The van der Waals surface area contributed by atoms with Crippen LogP contribution in [0.1, 0.15) is 36.7 Å². The van der Waals surface area contributed by atoms with Crippen LogP contribution < -0.4 is 10.1 Å². The minimum atomic E-state index is -0.201. The van der Waals surface area contributed by atoms with Crippen molar-refractivity contribution in [3.05, 3.63) is 42.1 Å². The number of rotatable bonds is 5. The van der Waals surface area contributed by atoms with Gasteiger partial charge in [0.05, 0.1) is 24.9 Å². The molecule has 1 heterocycles. The Morgan fingerprint density at radius 3 is 2.85 bits per heavy atom. The van der Waals surface area contributed by atoms with E-state index in [0.29, 0.717) is 17.1 Å². The maximum Gasteiger partial charge on any atom is 0.260 e. The number of carbonyl (C=O) groups is 1. The third-order valence-electron chi connectivity index (χ3n) is 3.27. The van der Waals surface area contributed by atoms with E-state index in [1.807, 2.05) is 16.8 Å². The van der Waals surface area contributed by atoms with Crippen molar-refractivity contribution in [1.82, 2.24) is 9.78 Å². The molecule has 0 aliphatic carbocycles. The van der Waals surface area contributed by atoms with Crippen LogP contribution in [-0.2, 0) is 0 Å². The Bertz CT molecular complexity index is 592. The van der Waals surface area contributed by atoms with Gasteiger partial charge in [0.2, 0.25) is 0 Å². The SMILES string of the molecule is CC[C@H](C)n1nccc1NC(=O)c1ccccc1OC. The molecule has 5 heteroatoms. The third kappa shape index (κ3) is 2.82. The molecule has 1 aromatic carbocycles. The minimum Gasteiger partial charge on any atom is -0.496 e. The zero-order valence-electron chi connectivity index (χ0n) is 12.0. The van der Waals surface area contributed by atoms with Crippen molar-refractivity contribution in [2.45, 2.75) is 26.3 Å². The Morgan fingerprint density at radius 1 is 1.40 bits per heavy atom. The smallest absolute Gasteiger partial charge is 0.260 e. The first-order valence-corrected chi connectivity index (χ1v) is 6.65. The number of carbonyl (C=O) groups excluding carboxylic acids is 1. The van der Waals surface area contributed by atoms with Gasteiger partial charge in [0, 0.05) is 6.07 Å². The van der Waals surface area contributed by atoms with Crippen LogP contribution in [-0.4, -0.2) is 22.8 Å². The highest BCUT2D eigenvalue weighted by molar-refractivity contribution is 6.05. The van der Waals surface area contributed by atoms with Gasteiger partial charge >= 0.3 is 0 Å². The Balaban J connectivity index is 2.22. The molecule has 2 rings (SSSR count). The lowest BCUT2D eigenvalue weighted by Crippen LogP contribution is -2.18. The number of aromatic nitrogens is 2. The maximum absolute atomic E-state index is 12.3. The summed E-state index contributed by atoms with van der Waals surface area (Å²) in [6, 6.07) is 9.17. The largest absolute Gasteiger partial charge is 0.496 e. The van der Waals surface area contributed by atoms with Gasteiger partial charge < -0.3 is 10.1 Å². The topological polar surface area (TPSA) is 56.2 Å². The molecular formula is C15H19N3O2. The van der Waals surface area contributed by atoms with E-state index < -0.39 is 0 Å². The summed E-state index contributed by atoms with van der Waals surface area (Å²) in [6.45, 7) is 4.14. The summed E-state index contributed by atoms with van der Waals surface area (Å²) in [7, 11) is 1.55. The van der Waals surface area contributed by atoms with Crippen LogP contribution >= 0.6 is 0 Å². The lowest BCUT2D eigenvalue weighted by molar-refractivity contribution is 0.102. The number of nitrogens with zero attached hydrogens (tertiary/aromatic N) is 2. The number of hydrogen-bond donors (Lipinski definition) is 1. The first-order chi connectivity index (χ1) is 9.67. The molecule has 0 spiro atoms. The van der Waals surface area contributed by atoms with E-state index in [9.17, 15) is 4.79 Å². The number of anilines is 1. The normalized spacial score (nSPS) is 11.9. The van der Waals surface area contributed by atoms with E-state index in [1.165, 1.54) is 0 Å².